The van der Waals surface area contributed by atoms with Crippen molar-refractivity contribution in [3.8, 4) is 21.7 Å². The fourth-order valence-corrected chi connectivity index (χ4v) is 3.46. The third-order valence-corrected chi connectivity index (χ3v) is 4.54. The molecule has 3 rings (SSSR count). The monoisotopic (exact) mass is 313 g/mol. The van der Waals surface area contributed by atoms with Crippen molar-refractivity contribution in [3.63, 3.8) is 0 Å². The van der Waals surface area contributed by atoms with Gasteiger partial charge in [-0.05, 0) is 36.4 Å². The molecule has 0 bridgehead atoms. The number of anilines is 1. The minimum atomic E-state index is 0.820. The van der Waals surface area contributed by atoms with Crippen LogP contribution in [0.1, 0.15) is 13.8 Å². The Kier molecular flexibility index (Phi) is 4.13. The van der Waals surface area contributed by atoms with Crippen LogP contribution in [0.3, 0.4) is 0 Å². The Morgan fingerprint density at radius 2 is 1.86 bits per heavy atom. The largest absolute Gasteiger partial charge is 0.253 e. The van der Waals surface area contributed by atoms with E-state index in [1.54, 1.807) is 22.7 Å². The SMILES string of the molecule is CC(C)=NNc1nc(-c2cc(-c3ccccc3)cs2)cs1. The molecule has 1 aromatic carbocycles. The summed E-state index contributed by atoms with van der Waals surface area (Å²) in [4.78, 5) is 5.75. The predicted octanol–water partition coefficient (Wildman–Crippen LogP) is 5.35. The Labute approximate surface area is 132 Å². The molecule has 0 aliphatic heterocycles. The smallest absolute Gasteiger partial charge is 0.203 e. The third-order valence-electron chi connectivity index (χ3n) is 2.84. The zero-order valence-corrected chi connectivity index (χ0v) is 13.5. The molecule has 1 N–H and O–H groups in total. The van der Waals surface area contributed by atoms with Crippen LogP contribution in [0, 0.1) is 0 Å². The summed E-state index contributed by atoms with van der Waals surface area (Å²) in [6.07, 6.45) is 0. The molecule has 2 heterocycles. The first-order chi connectivity index (χ1) is 10.2. The van der Waals surface area contributed by atoms with E-state index in [0.29, 0.717) is 0 Å². The van der Waals surface area contributed by atoms with Crippen LogP contribution in [-0.2, 0) is 0 Å². The summed E-state index contributed by atoms with van der Waals surface area (Å²) in [5, 5.41) is 9.22. The van der Waals surface area contributed by atoms with Gasteiger partial charge in [-0.1, -0.05) is 30.3 Å². The highest BCUT2D eigenvalue weighted by Gasteiger charge is 2.08. The fourth-order valence-electron chi connectivity index (χ4n) is 1.85. The van der Waals surface area contributed by atoms with E-state index >= 15 is 0 Å². The van der Waals surface area contributed by atoms with Crippen LogP contribution in [0.5, 0.6) is 0 Å². The van der Waals surface area contributed by atoms with E-state index in [9.17, 15) is 0 Å². The molecule has 5 heteroatoms. The van der Waals surface area contributed by atoms with E-state index in [-0.39, 0.29) is 0 Å². The maximum absolute atomic E-state index is 4.57. The van der Waals surface area contributed by atoms with Gasteiger partial charge in [0, 0.05) is 11.1 Å². The first-order valence-electron chi connectivity index (χ1n) is 6.59. The second-order valence-electron chi connectivity index (χ2n) is 4.77. The normalized spacial score (nSPS) is 10.4. The molecule has 0 aliphatic rings. The number of nitrogens with zero attached hydrogens (tertiary/aromatic N) is 2. The van der Waals surface area contributed by atoms with Gasteiger partial charge in [0.2, 0.25) is 5.13 Å². The Bertz CT molecular complexity index is 753. The average molecular weight is 313 g/mol. The third kappa shape index (κ3) is 3.37. The molecule has 3 aromatic rings. The summed E-state index contributed by atoms with van der Waals surface area (Å²) in [6, 6.07) is 12.6. The van der Waals surface area contributed by atoms with Gasteiger partial charge >= 0.3 is 0 Å². The molecule has 3 nitrogen and oxygen atoms in total. The number of thiazole rings is 1. The molecule has 0 amide bonds. The standard InChI is InChI=1S/C16H15N3S2/c1-11(2)18-19-16-17-14(10-21-16)15-8-13(9-20-15)12-6-4-3-5-7-12/h3-10H,1-2H3,(H,17,19). The second kappa shape index (κ2) is 6.20. The van der Waals surface area contributed by atoms with E-state index in [2.05, 4.69) is 56.6 Å². The first kappa shape index (κ1) is 14.0. The van der Waals surface area contributed by atoms with Gasteiger partial charge < -0.3 is 0 Å². The molecule has 0 atom stereocenters. The molecular formula is C16H15N3S2. The number of hydrogen-bond acceptors (Lipinski definition) is 5. The summed E-state index contributed by atoms with van der Waals surface area (Å²) in [5.41, 5.74) is 7.42. The van der Waals surface area contributed by atoms with Gasteiger partial charge in [-0.25, -0.2) is 4.98 Å². The van der Waals surface area contributed by atoms with Crippen LogP contribution in [0.2, 0.25) is 0 Å². The molecule has 0 spiro atoms. The van der Waals surface area contributed by atoms with Gasteiger partial charge in [-0.15, -0.1) is 22.7 Å². The predicted molar refractivity (Wildman–Crippen MR) is 93.3 cm³/mol. The maximum atomic E-state index is 4.57. The van der Waals surface area contributed by atoms with Crippen LogP contribution in [0.15, 0.2) is 52.3 Å². The average Bonchev–Trinajstić information content (AvgIpc) is 3.15. The minimum Gasteiger partial charge on any atom is -0.253 e. The lowest BCUT2D eigenvalue weighted by molar-refractivity contribution is 1.27. The Morgan fingerprint density at radius 1 is 1.05 bits per heavy atom. The van der Waals surface area contributed by atoms with E-state index < -0.39 is 0 Å². The second-order valence-corrected chi connectivity index (χ2v) is 6.54. The number of nitrogens with one attached hydrogen (secondary N) is 1. The summed E-state index contributed by atoms with van der Waals surface area (Å²) >= 11 is 3.28. The molecule has 2 aromatic heterocycles. The lowest BCUT2D eigenvalue weighted by Gasteiger charge is -1.95. The van der Waals surface area contributed by atoms with Crippen LogP contribution >= 0.6 is 22.7 Å². The highest BCUT2D eigenvalue weighted by Crippen LogP contribution is 2.34. The van der Waals surface area contributed by atoms with Crippen LogP contribution < -0.4 is 5.43 Å². The molecular weight excluding hydrogens is 298 g/mol. The van der Waals surface area contributed by atoms with Gasteiger partial charge in [0.05, 0.1) is 10.6 Å². The van der Waals surface area contributed by atoms with E-state index in [1.165, 1.54) is 16.0 Å². The van der Waals surface area contributed by atoms with Gasteiger partial charge in [0.1, 0.15) is 0 Å². The topological polar surface area (TPSA) is 37.3 Å². The number of hydrazone groups is 1. The first-order valence-corrected chi connectivity index (χ1v) is 8.35. The van der Waals surface area contributed by atoms with Crippen molar-refractivity contribution in [1.29, 1.82) is 0 Å². The van der Waals surface area contributed by atoms with Crippen molar-refractivity contribution in [2.75, 3.05) is 5.43 Å². The highest BCUT2D eigenvalue weighted by molar-refractivity contribution is 7.16. The molecule has 0 saturated carbocycles. The molecule has 0 radical (unpaired) electrons. The maximum Gasteiger partial charge on any atom is 0.203 e. The lowest BCUT2D eigenvalue weighted by Crippen LogP contribution is -1.91. The fraction of sp³-hybridized carbons (Fsp3) is 0.125. The quantitative estimate of drug-likeness (QED) is 0.521. The Hall–Kier alpha value is -1.98. The molecule has 106 valence electrons. The molecule has 0 unspecified atom stereocenters. The van der Waals surface area contributed by atoms with Crippen molar-refractivity contribution < 1.29 is 0 Å². The number of rotatable bonds is 4. The Balaban J connectivity index is 1.82. The molecule has 21 heavy (non-hydrogen) atoms. The number of hydrogen-bond donors (Lipinski definition) is 1. The van der Waals surface area contributed by atoms with Crippen molar-refractivity contribution in [3.05, 3.63) is 47.2 Å². The van der Waals surface area contributed by atoms with Crippen LogP contribution in [0.4, 0.5) is 5.13 Å². The summed E-state index contributed by atoms with van der Waals surface area (Å²) in [7, 11) is 0. The van der Waals surface area contributed by atoms with Crippen LogP contribution in [-0.4, -0.2) is 10.7 Å². The summed E-state index contributed by atoms with van der Waals surface area (Å²) in [5.74, 6) is 0. The molecule has 0 fully saturated rings. The van der Waals surface area contributed by atoms with Crippen molar-refractivity contribution in [1.82, 2.24) is 4.98 Å². The Morgan fingerprint density at radius 3 is 2.62 bits per heavy atom. The number of aromatic nitrogens is 1. The van der Waals surface area contributed by atoms with Gasteiger partial charge in [0.25, 0.3) is 0 Å². The summed E-state index contributed by atoms with van der Waals surface area (Å²) in [6.45, 7) is 3.90. The summed E-state index contributed by atoms with van der Waals surface area (Å²) < 4.78 is 0. The minimum absolute atomic E-state index is 0.820. The van der Waals surface area contributed by atoms with Gasteiger partial charge in [-0.3, -0.25) is 5.43 Å². The van der Waals surface area contributed by atoms with E-state index in [1.807, 2.05) is 19.9 Å². The molecule has 0 aliphatic carbocycles. The zero-order chi connectivity index (χ0) is 14.7. The zero-order valence-electron chi connectivity index (χ0n) is 11.8. The van der Waals surface area contributed by atoms with Gasteiger partial charge in [0.15, 0.2) is 0 Å². The van der Waals surface area contributed by atoms with Crippen molar-refractivity contribution >= 4 is 33.5 Å². The van der Waals surface area contributed by atoms with Gasteiger partial charge in [-0.2, -0.15) is 5.10 Å². The van der Waals surface area contributed by atoms with E-state index in [0.717, 1.165) is 16.5 Å². The van der Waals surface area contributed by atoms with Crippen molar-refractivity contribution in [2.45, 2.75) is 13.8 Å². The highest BCUT2D eigenvalue weighted by atomic mass is 32.1. The van der Waals surface area contributed by atoms with Crippen molar-refractivity contribution in [2.24, 2.45) is 5.10 Å². The number of thiophene rings is 1. The van der Waals surface area contributed by atoms with Crippen LogP contribution in [0.25, 0.3) is 21.7 Å². The molecule has 0 saturated heterocycles. The lowest BCUT2D eigenvalue weighted by atomic mass is 10.1. The number of benzene rings is 1. The van der Waals surface area contributed by atoms with E-state index in [4.69, 9.17) is 0 Å².